The minimum Gasteiger partial charge on any atom is -0.486 e. The van der Waals surface area contributed by atoms with Gasteiger partial charge in [0.2, 0.25) is 17.7 Å². The van der Waals surface area contributed by atoms with Crippen LogP contribution in [0.15, 0.2) is 116 Å². The van der Waals surface area contributed by atoms with Crippen LogP contribution in [0.4, 0.5) is 0 Å². The van der Waals surface area contributed by atoms with E-state index in [-0.39, 0.29) is 28.8 Å². The predicted octanol–water partition coefficient (Wildman–Crippen LogP) is 7.50. The maximum atomic E-state index is 14.3. The Hall–Kier alpha value is -6.68. The largest absolute Gasteiger partial charge is 0.486 e. The monoisotopic (exact) mass is 646 g/mol. The van der Waals surface area contributed by atoms with Gasteiger partial charge in [-0.1, -0.05) is 42.5 Å². The highest BCUT2D eigenvalue weighted by atomic mass is 16.7. The molecule has 6 heterocycles. The van der Waals surface area contributed by atoms with E-state index in [4.69, 9.17) is 27.8 Å². The van der Waals surface area contributed by atoms with Crippen LogP contribution in [0.25, 0.3) is 77.1 Å². The third kappa shape index (κ3) is 4.07. The molecule has 4 aromatic carbocycles. The van der Waals surface area contributed by atoms with Gasteiger partial charge in [0.1, 0.15) is 48.3 Å². The van der Waals surface area contributed by atoms with Crippen LogP contribution in [0.5, 0.6) is 23.0 Å². The Labute approximate surface area is 275 Å². The second-order valence-electron chi connectivity index (χ2n) is 11.8. The van der Waals surface area contributed by atoms with Crippen LogP contribution >= 0.6 is 0 Å². The van der Waals surface area contributed by atoms with Crippen LogP contribution in [-0.2, 0) is 0 Å². The van der Waals surface area contributed by atoms with Gasteiger partial charge in [0, 0.05) is 24.5 Å². The average molecular weight is 647 g/mol. The summed E-state index contributed by atoms with van der Waals surface area (Å²) in [6, 6.07) is 22.6. The van der Waals surface area contributed by atoms with Crippen molar-refractivity contribution in [2.45, 2.75) is 0 Å². The van der Waals surface area contributed by atoms with Crippen LogP contribution in [0.1, 0.15) is 0 Å². The van der Waals surface area contributed by atoms with E-state index in [0.29, 0.717) is 74.9 Å². The molecule has 0 saturated carbocycles. The van der Waals surface area contributed by atoms with Crippen LogP contribution < -0.4 is 29.8 Å². The van der Waals surface area contributed by atoms with Crippen molar-refractivity contribution in [3.8, 4) is 56.6 Å². The number of hydrogen-bond acceptors (Lipinski definition) is 10. The van der Waals surface area contributed by atoms with E-state index >= 15 is 0 Å². The van der Waals surface area contributed by atoms with Crippen molar-refractivity contribution in [3.63, 3.8) is 0 Å². The van der Waals surface area contributed by atoms with Gasteiger partial charge in [-0.25, -0.2) is 0 Å². The number of benzene rings is 4. The van der Waals surface area contributed by atoms with E-state index in [1.807, 2.05) is 54.6 Å². The lowest BCUT2D eigenvalue weighted by molar-refractivity contribution is 0.171. The van der Waals surface area contributed by atoms with Crippen molar-refractivity contribution in [2.75, 3.05) is 20.0 Å². The van der Waals surface area contributed by atoms with Gasteiger partial charge in [-0.3, -0.25) is 19.6 Å². The van der Waals surface area contributed by atoms with Crippen molar-refractivity contribution in [1.82, 2.24) is 9.97 Å². The van der Waals surface area contributed by atoms with Crippen LogP contribution in [0.2, 0.25) is 0 Å². The standard InChI is InChI=1S/C39H22N2O8/c42-36-27(35-39-30(10-12-41-35)48-19-49-39)18-47-31-16-24(22-3-1-2-4-23(22)32(31)36)21-6-5-20-7-8-28-33(25(20)15-21)37(43)26(17-46-28)34-38-29(9-11-40-34)44-13-14-45-38/h1-12,15-18H,13-14,19H2. The molecular formula is C39H22N2O8. The molecule has 0 radical (unpaired) electrons. The number of fused-ring (bicyclic) bond motifs is 8. The first-order chi connectivity index (χ1) is 24.1. The third-order valence-corrected chi connectivity index (χ3v) is 9.11. The van der Waals surface area contributed by atoms with Gasteiger partial charge in [0.25, 0.3) is 0 Å². The fraction of sp³-hybridized carbons (Fsp3) is 0.0769. The summed E-state index contributed by atoms with van der Waals surface area (Å²) < 4.78 is 34.9. The SMILES string of the molecule is O=c1c(-c2nccc3c2OCCO3)coc2ccc3ccc(-c4cc5occ(-c6nccc7c6OCO7)c(=O)c5c5ccccc45)cc3c12. The molecule has 0 atom stereocenters. The second kappa shape index (κ2) is 10.4. The Morgan fingerprint density at radius 2 is 1.20 bits per heavy atom. The first-order valence-corrected chi connectivity index (χ1v) is 15.6. The first-order valence-electron chi connectivity index (χ1n) is 15.6. The van der Waals surface area contributed by atoms with Gasteiger partial charge in [-0.2, -0.15) is 0 Å². The number of ether oxygens (including phenoxy) is 4. The second-order valence-corrected chi connectivity index (χ2v) is 11.8. The number of aromatic nitrogens is 2. The van der Waals surface area contributed by atoms with Crippen molar-refractivity contribution in [1.29, 1.82) is 0 Å². The first kappa shape index (κ1) is 27.4. The molecule has 8 aromatic rings. The van der Waals surface area contributed by atoms with Crippen molar-refractivity contribution in [3.05, 3.63) is 118 Å². The van der Waals surface area contributed by atoms with E-state index < -0.39 is 0 Å². The van der Waals surface area contributed by atoms with Crippen molar-refractivity contribution in [2.24, 2.45) is 0 Å². The zero-order chi connectivity index (χ0) is 32.6. The van der Waals surface area contributed by atoms with E-state index in [2.05, 4.69) is 9.97 Å². The molecule has 2 aliphatic heterocycles. The van der Waals surface area contributed by atoms with E-state index in [0.717, 1.165) is 27.3 Å². The lowest BCUT2D eigenvalue weighted by Gasteiger charge is -2.20. The van der Waals surface area contributed by atoms with Crippen LogP contribution in [0.3, 0.4) is 0 Å². The Balaban J connectivity index is 1.19. The molecule has 0 amide bonds. The summed E-state index contributed by atoms with van der Waals surface area (Å²) in [5, 5.41) is 3.98. The zero-order valence-electron chi connectivity index (χ0n) is 25.5. The van der Waals surface area contributed by atoms with Crippen molar-refractivity contribution < 1.29 is 27.8 Å². The smallest absolute Gasteiger partial charge is 0.231 e. The molecule has 0 fully saturated rings. The molecule has 10 rings (SSSR count). The van der Waals surface area contributed by atoms with Gasteiger partial charge in [0.15, 0.2) is 23.0 Å². The van der Waals surface area contributed by atoms with E-state index in [1.54, 1.807) is 30.6 Å². The summed E-state index contributed by atoms with van der Waals surface area (Å²) in [5.74, 6) is 1.89. The van der Waals surface area contributed by atoms with Gasteiger partial charge < -0.3 is 27.8 Å². The minimum atomic E-state index is -0.239. The number of rotatable bonds is 3. The summed E-state index contributed by atoms with van der Waals surface area (Å²) in [4.78, 5) is 37.3. The molecule has 0 bridgehead atoms. The summed E-state index contributed by atoms with van der Waals surface area (Å²) in [7, 11) is 0. The highest BCUT2D eigenvalue weighted by molar-refractivity contribution is 6.14. The van der Waals surface area contributed by atoms with Gasteiger partial charge in [-0.15, -0.1) is 0 Å². The molecule has 0 aliphatic carbocycles. The minimum absolute atomic E-state index is 0.0536. The highest BCUT2D eigenvalue weighted by Crippen LogP contribution is 2.42. The molecule has 0 spiro atoms. The molecule has 0 saturated heterocycles. The highest BCUT2D eigenvalue weighted by Gasteiger charge is 2.25. The summed E-state index contributed by atoms with van der Waals surface area (Å²) >= 11 is 0. The molecule has 49 heavy (non-hydrogen) atoms. The Kier molecular flexibility index (Phi) is 5.83. The van der Waals surface area contributed by atoms with Crippen molar-refractivity contribution >= 4 is 43.5 Å². The number of nitrogens with zero attached hydrogens (tertiary/aromatic N) is 2. The summed E-state index contributed by atoms with van der Waals surface area (Å²) in [6.45, 7) is 0.825. The van der Waals surface area contributed by atoms with E-state index in [1.165, 1.54) is 12.5 Å². The molecule has 0 unspecified atom stereocenters. The molecule has 10 nitrogen and oxygen atoms in total. The molecular weight excluding hydrogens is 624 g/mol. The fourth-order valence-electron chi connectivity index (χ4n) is 6.86. The van der Waals surface area contributed by atoms with Crippen LogP contribution in [0, 0.1) is 0 Å². The molecule has 2 aliphatic rings. The molecule has 236 valence electrons. The fourth-order valence-corrected chi connectivity index (χ4v) is 6.86. The van der Waals surface area contributed by atoms with Gasteiger partial charge >= 0.3 is 0 Å². The topological polar surface area (TPSA) is 123 Å². The predicted molar refractivity (Wildman–Crippen MR) is 183 cm³/mol. The normalized spacial score (nSPS) is 13.5. The third-order valence-electron chi connectivity index (χ3n) is 9.11. The number of hydrogen-bond donors (Lipinski definition) is 0. The molecule has 10 heteroatoms. The quantitative estimate of drug-likeness (QED) is 0.178. The Morgan fingerprint density at radius 3 is 2.00 bits per heavy atom. The molecule has 0 N–H and O–H groups in total. The van der Waals surface area contributed by atoms with Crippen LogP contribution in [-0.4, -0.2) is 30.0 Å². The average Bonchev–Trinajstić information content (AvgIpc) is 3.64. The van der Waals surface area contributed by atoms with Gasteiger partial charge in [-0.05, 0) is 50.9 Å². The number of pyridine rings is 2. The Morgan fingerprint density at radius 1 is 0.551 bits per heavy atom. The lowest BCUT2D eigenvalue weighted by atomic mass is 9.92. The molecule has 4 aromatic heterocycles. The maximum absolute atomic E-state index is 14.3. The Bertz CT molecular complexity index is 2820. The van der Waals surface area contributed by atoms with Gasteiger partial charge in [0.05, 0.1) is 21.9 Å². The zero-order valence-corrected chi connectivity index (χ0v) is 25.5. The maximum Gasteiger partial charge on any atom is 0.231 e. The van der Waals surface area contributed by atoms with E-state index in [9.17, 15) is 9.59 Å². The summed E-state index contributed by atoms with van der Waals surface area (Å²) in [5.41, 5.74) is 3.32. The lowest BCUT2D eigenvalue weighted by Crippen LogP contribution is -2.17. The summed E-state index contributed by atoms with van der Waals surface area (Å²) in [6.07, 6.45) is 6.00.